The molecule has 1 aliphatic rings. The van der Waals surface area contributed by atoms with Gasteiger partial charge in [-0.15, -0.1) is 0 Å². The minimum absolute atomic E-state index is 0.0224. The van der Waals surface area contributed by atoms with Gasteiger partial charge < -0.3 is 15.5 Å². The van der Waals surface area contributed by atoms with E-state index in [2.05, 4.69) is 15.7 Å². The van der Waals surface area contributed by atoms with E-state index in [1.807, 2.05) is 6.92 Å². The maximum atomic E-state index is 12.1. The van der Waals surface area contributed by atoms with Crippen LogP contribution in [-0.4, -0.2) is 29.6 Å². The van der Waals surface area contributed by atoms with Crippen molar-refractivity contribution in [1.82, 2.24) is 10.3 Å². The molecule has 0 spiro atoms. The van der Waals surface area contributed by atoms with Gasteiger partial charge in [-0.2, -0.15) is 0 Å². The molecule has 1 aromatic heterocycles. The second-order valence-electron chi connectivity index (χ2n) is 4.36. The first-order chi connectivity index (χ1) is 8.72. The van der Waals surface area contributed by atoms with Gasteiger partial charge >= 0.3 is 0 Å². The van der Waals surface area contributed by atoms with Crippen LogP contribution in [0.5, 0.6) is 0 Å². The Hall–Kier alpha value is -1.66. The van der Waals surface area contributed by atoms with E-state index in [1.54, 1.807) is 18.3 Å². The lowest BCUT2D eigenvalue weighted by Gasteiger charge is -2.20. The number of carbonyl (C=O) groups is 1. The molecule has 0 aliphatic carbocycles. The molecule has 18 heavy (non-hydrogen) atoms. The van der Waals surface area contributed by atoms with Gasteiger partial charge in [0.1, 0.15) is 0 Å². The molecule has 2 heterocycles. The zero-order valence-electron chi connectivity index (χ0n) is 10.3. The van der Waals surface area contributed by atoms with Crippen LogP contribution in [0.2, 0.25) is 0 Å². The van der Waals surface area contributed by atoms with Crippen LogP contribution >= 0.6 is 0 Å². The Morgan fingerprint density at radius 2 is 2.50 bits per heavy atom. The second kappa shape index (κ2) is 5.79. The lowest BCUT2D eigenvalue weighted by atomic mass is 10.1. The average Bonchev–Trinajstić information content (AvgIpc) is 2.92. The van der Waals surface area contributed by atoms with E-state index in [0.717, 1.165) is 19.4 Å². The summed E-state index contributed by atoms with van der Waals surface area (Å²) in [5, 5.41) is 2.91. The molecule has 1 saturated heterocycles. The monoisotopic (exact) mass is 250 g/mol. The third-order valence-electron chi connectivity index (χ3n) is 3.07. The summed E-state index contributed by atoms with van der Waals surface area (Å²) in [5.74, 6) is 5.50. The number of anilines is 1. The topological polar surface area (TPSA) is 89.3 Å². The van der Waals surface area contributed by atoms with Crippen LogP contribution < -0.4 is 16.6 Å². The number of hydrogen-bond donors (Lipinski definition) is 3. The van der Waals surface area contributed by atoms with Crippen molar-refractivity contribution in [2.75, 3.05) is 12.0 Å². The first kappa shape index (κ1) is 12.8. The molecular formula is C12H18N4O2. The number of nitrogens with two attached hydrogens (primary N) is 1. The Morgan fingerprint density at radius 1 is 1.67 bits per heavy atom. The van der Waals surface area contributed by atoms with E-state index in [-0.39, 0.29) is 18.1 Å². The molecule has 0 radical (unpaired) electrons. The molecule has 1 aromatic rings. The smallest absolute Gasteiger partial charge is 0.255 e. The summed E-state index contributed by atoms with van der Waals surface area (Å²) in [6, 6.07) is 3.36. The predicted molar refractivity (Wildman–Crippen MR) is 67.9 cm³/mol. The molecule has 1 fully saturated rings. The summed E-state index contributed by atoms with van der Waals surface area (Å²) < 4.78 is 5.54. The molecule has 1 aliphatic heterocycles. The van der Waals surface area contributed by atoms with Crippen molar-refractivity contribution < 1.29 is 9.53 Å². The minimum Gasteiger partial charge on any atom is -0.376 e. The van der Waals surface area contributed by atoms with Gasteiger partial charge in [0.25, 0.3) is 5.91 Å². The normalized spacial score (nSPS) is 20.4. The van der Waals surface area contributed by atoms with Gasteiger partial charge in [-0.05, 0) is 31.9 Å². The van der Waals surface area contributed by atoms with Crippen LogP contribution in [0.1, 0.15) is 30.1 Å². The fraction of sp³-hybridized carbons (Fsp3) is 0.500. The zero-order chi connectivity index (χ0) is 13.0. The number of hydrogen-bond acceptors (Lipinski definition) is 5. The average molecular weight is 250 g/mol. The maximum Gasteiger partial charge on any atom is 0.255 e. The van der Waals surface area contributed by atoms with Gasteiger partial charge in [0.2, 0.25) is 0 Å². The number of pyridine rings is 1. The van der Waals surface area contributed by atoms with Crippen LogP contribution in [0.4, 0.5) is 5.82 Å². The van der Waals surface area contributed by atoms with Crippen molar-refractivity contribution in [2.45, 2.75) is 31.9 Å². The Morgan fingerprint density at radius 3 is 3.17 bits per heavy atom. The molecule has 1 amide bonds. The third kappa shape index (κ3) is 2.77. The van der Waals surface area contributed by atoms with Gasteiger partial charge in [-0.3, -0.25) is 4.79 Å². The Balaban J connectivity index is 2.02. The summed E-state index contributed by atoms with van der Waals surface area (Å²) in [4.78, 5) is 16.1. The van der Waals surface area contributed by atoms with Crippen molar-refractivity contribution in [2.24, 2.45) is 5.84 Å². The SMILES string of the molecule is CC(NC(=O)c1cccnc1NN)C1CCCO1. The van der Waals surface area contributed by atoms with E-state index in [4.69, 9.17) is 10.6 Å². The van der Waals surface area contributed by atoms with Crippen LogP contribution in [0, 0.1) is 0 Å². The summed E-state index contributed by atoms with van der Waals surface area (Å²) in [7, 11) is 0. The number of carbonyl (C=O) groups excluding carboxylic acids is 1. The highest BCUT2D eigenvalue weighted by molar-refractivity contribution is 5.98. The second-order valence-corrected chi connectivity index (χ2v) is 4.36. The molecule has 2 rings (SSSR count). The largest absolute Gasteiger partial charge is 0.376 e. The highest BCUT2D eigenvalue weighted by Gasteiger charge is 2.24. The highest BCUT2D eigenvalue weighted by Crippen LogP contribution is 2.16. The predicted octanol–water partition coefficient (Wildman–Crippen LogP) is 0.664. The molecule has 98 valence electrons. The van der Waals surface area contributed by atoms with Crippen LogP contribution in [-0.2, 0) is 4.74 Å². The van der Waals surface area contributed by atoms with Crippen LogP contribution in [0.15, 0.2) is 18.3 Å². The number of hydrazine groups is 1. The van der Waals surface area contributed by atoms with Crippen molar-refractivity contribution in [3.8, 4) is 0 Å². The Labute approximate surface area is 106 Å². The molecular weight excluding hydrogens is 232 g/mol. The fourth-order valence-electron chi connectivity index (χ4n) is 2.08. The van der Waals surface area contributed by atoms with E-state index in [0.29, 0.717) is 11.4 Å². The first-order valence-corrected chi connectivity index (χ1v) is 6.06. The molecule has 0 saturated carbocycles. The number of nitrogens with one attached hydrogen (secondary N) is 2. The summed E-state index contributed by atoms with van der Waals surface area (Å²) in [6.45, 7) is 2.72. The summed E-state index contributed by atoms with van der Waals surface area (Å²) in [5.41, 5.74) is 2.85. The molecule has 6 nitrogen and oxygen atoms in total. The lowest BCUT2D eigenvalue weighted by molar-refractivity contribution is 0.0712. The van der Waals surface area contributed by atoms with E-state index in [9.17, 15) is 4.79 Å². The van der Waals surface area contributed by atoms with Crippen LogP contribution in [0.25, 0.3) is 0 Å². The molecule has 4 N–H and O–H groups in total. The molecule has 0 aromatic carbocycles. The number of aromatic nitrogens is 1. The Bertz CT molecular complexity index is 418. The van der Waals surface area contributed by atoms with E-state index < -0.39 is 0 Å². The first-order valence-electron chi connectivity index (χ1n) is 6.06. The maximum absolute atomic E-state index is 12.1. The lowest BCUT2D eigenvalue weighted by Crippen LogP contribution is -2.41. The summed E-state index contributed by atoms with van der Waals surface area (Å²) >= 11 is 0. The standard InChI is InChI=1S/C12H18N4O2/c1-8(10-5-3-7-18-10)15-12(17)9-4-2-6-14-11(9)16-13/h2,4,6,8,10H,3,5,7,13H2,1H3,(H,14,16)(H,15,17). The van der Waals surface area contributed by atoms with Crippen molar-refractivity contribution in [3.63, 3.8) is 0 Å². The zero-order valence-corrected chi connectivity index (χ0v) is 10.3. The quantitative estimate of drug-likeness (QED) is 0.539. The van der Waals surface area contributed by atoms with Crippen molar-refractivity contribution in [1.29, 1.82) is 0 Å². The van der Waals surface area contributed by atoms with Gasteiger partial charge in [0.05, 0.1) is 17.7 Å². The van der Waals surface area contributed by atoms with Gasteiger partial charge in [0.15, 0.2) is 5.82 Å². The molecule has 6 heteroatoms. The minimum atomic E-state index is -0.195. The highest BCUT2D eigenvalue weighted by atomic mass is 16.5. The molecule has 2 unspecified atom stereocenters. The number of nitrogen functional groups attached to an aromatic ring is 1. The fourth-order valence-corrected chi connectivity index (χ4v) is 2.08. The van der Waals surface area contributed by atoms with Gasteiger partial charge in [-0.1, -0.05) is 0 Å². The number of amides is 1. The van der Waals surface area contributed by atoms with Crippen LogP contribution in [0.3, 0.4) is 0 Å². The molecule has 2 atom stereocenters. The number of ether oxygens (including phenoxy) is 1. The van der Waals surface area contributed by atoms with Crippen molar-refractivity contribution in [3.05, 3.63) is 23.9 Å². The van der Waals surface area contributed by atoms with E-state index in [1.165, 1.54) is 0 Å². The molecule has 0 bridgehead atoms. The van der Waals surface area contributed by atoms with Gasteiger partial charge in [-0.25, -0.2) is 10.8 Å². The number of nitrogens with zero attached hydrogens (tertiary/aromatic N) is 1. The third-order valence-corrected chi connectivity index (χ3v) is 3.07. The van der Waals surface area contributed by atoms with Gasteiger partial charge in [0, 0.05) is 12.8 Å². The van der Waals surface area contributed by atoms with E-state index >= 15 is 0 Å². The summed E-state index contributed by atoms with van der Waals surface area (Å²) in [6.07, 6.45) is 3.71. The van der Waals surface area contributed by atoms with Crippen molar-refractivity contribution >= 4 is 11.7 Å². The Kier molecular flexibility index (Phi) is 4.11. The number of rotatable bonds is 4.